The van der Waals surface area contributed by atoms with Crippen LogP contribution < -0.4 is 15.8 Å². The number of halogens is 2. The molecule has 3 N–H and O–H groups in total. The lowest BCUT2D eigenvalue weighted by molar-refractivity contribution is 0.321. The molecule has 1 heterocycles. The number of nitrogen functional groups attached to an aromatic ring is 1. The van der Waals surface area contributed by atoms with Crippen LogP contribution in [0.15, 0.2) is 24.4 Å². The lowest BCUT2D eigenvalue weighted by Crippen LogP contribution is -2.01. The van der Waals surface area contributed by atoms with E-state index in [0.29, 0.717) is 23.8 Å². The van der Waals surface area contributed by atoms with Gasteiger partial charge in [0.15, 0.2) is 17.4 Å². The van der Waals surface area contributed by atoms with Crippen molar-refractivity contribution in [1.29, 1.82) is 0 Å². The fraction of sp³-hybridized carbons (Fsp3) is 0.167. The molecule has 0 spiro atoms. The summed E-state index contributed by atoms with van der Waals surface area (Å²) in [4.78, 5) is 7.65. The number of benzene rings is 1. The van der Waals surface area contributed by atoms with Crippen molar-refractivity contribution in [3.05, 3.63) is 35.5 Å². The maximum atomic E-state index is 13.7. The second-order valence-corrected chi connectivity index (χ2v) is 3.98. The van der Waals surface area contributed by atoms with Gasteiger partial charge in [-0.2, -0.15) is 4.98 Å². The highest BCUT2D eigenvalue weighted by molar-refractivity contribution is 6.28. The molecule has 100 valence electrons. The summed E-state index contributed by atoms with van der Waals surface area (Å²) in [6.45, 7) is 2.19. The number of nitrogens with zero attached hydrogens (tertiary/aromatic N) is 2. The van der Waals surface area contributed by atoms with Gasteiger partial charge in [0.2, 0.25) is 5.28 Å². The number of rotatable bonds is 4. The van der Waals surface area contributed by atoms with Crippen LogP contribution in [0, 0.1) is 5.82 Å². The molecule has 2 rings (SSSR count). The van der Waals surface area contributed by atoms with E-state index in [1.54, 1.807) is 13.0 Å². The zero-order valence-corrected chi connectivity index (χ0v) is 10.9. The van der Waals surface area contributed by atoms with Crippen molar-refractivity contribution in [3.8, 4) is 5.75 Å². The van der Waals surface area contributed by atoms with E-state index in [1.165, 1.54) is 18.3 Å². The molecule has 0 aliphatic heterocycles. The molecule has 0 fully saturated rings. The predicted octanol–water partition coefficient (Wildman–Crippen LogP) is 2.99. The number of nitrogens with one attached hydrogen (secondary N) is 1. The number of aromatic nitrogens is 2. The summed E-state index contributed by atoms with van der Waals surface area (Å²) in [6, 6.07) is 4.48. The molecule has 0 aliphatic rings. The Kier molecular flexibility index (Phi) is 4.01. The summed E-state index contributed by atoms with van der Waals surface area (Å²) in [5.74, 6) is 0.0517. The summed E-state index contributed by atoms with van der Waals surface area (Å²) >= 11 is 5.67. The van der Waals surface area contributed by atoms with Crippen LogP contribution in [0.3, 0.4) is 0 Å². The molecule has 0 bridgehead atoms. The van der Waals surface area contributed by atoms with Gasteiger partial charge >= 0.3 is 0 Å². The van der Waals surface area contributed by atoms with Crippen LogP contribution in [0.1, 0.15) is 6.92 Å². The molecule has 5 nitrogen and oxygen atoms in total. The molecule has 1 aromatic heterocycles. The highest BCUT2D eigenvalue weighted by atomic mass is 35.5. The van der Waals surface area contributed by atoms with Crippen LogP contribution in [0.5, 0.6) is 5.75 Å². The number of hydrogen-bond acceptors (Lipinski definition) is 5. The van der Waals surface area contributed by atoms with E-state index in [2.05, 4.69) is 15.3 Å². The molecule has 0 unspecified atom stereocenters. The number of anilines is 3. The van der Waals surface area contributed by atoms with Crippen molar-refractivity contribution >= 4 is 28.8 Å². The minimum absolute atomic E-state index is 0.0584. The number of nitrogens with two attached hydrogens (primary N) is 1. The Labute approximate surface area is 114 Å². The predicted molar refractivity (Wildman–Crippen MR) is 72.3 cm³/mol. The molecular formula is C12H12ClFN4O. The van der Waals surface area contributed by atoms with Crippen molar-refractivity contribution in [1.82, 2.24) is 9.97 Å². The summed E-state index contributed by atoms with van der Waals surface area (Å²) in [5.41, 5.74) is 6.49. The fourth-order valence-corrected chi connectivity index (χ4v) is 1.59. The Morgan fingerprint density at radius 3 is 2.95 bits per heavy atom. The Bertz CT molecular complexity index is 594. The molecular weight excluding hydrogens is 271 g/mol. The van der Waals surface area contributed by atoms with E-state index >= 15 is 0 Å². The van der Waals surface area contributed by atoms with E-state index < -0.39 is 5.82 Å². The molecule has 0 saturated carbocycles. The topological polar surface area (TPSA) is 73.1 Å². The number of ether oxygens (including phenoxy) is 1. The zero-order chi connectivity index (χ0) is 13.8. The Morgan fingerprint density at radius 2 is 2.26 bits per heavy atom. The average molecular weight is 283 g/mol. The van der Waals surface area contributed by atoms with Gasteiger partial charge in [-0.05, 0) is 30.7 Å². The Morgan fingerprint density at radius 1 is 1.47 bits per heavy atom. The van der Waals surface area contributed by atoms with Crippen LogP contribution in [0.2, 0.25) is 5.28 Å². The number of hydrogen-bond donors (Lipinski definition) is 2. The molecule has 1 aromatic carbocycles. The van der Waals surface area contributed by atoms with Gasteiger partial charge in [0.05, 0.1) is 18.5 Å². The van der Waals surface area contributed by atoms with Crippen molar-refractivity contribution in [3.63, 3.8) is 0 Å². The van der Waals surface area contributed by atoms with Crippen molar-refractivity contribution in [2.45, 2.75) is 6.92 Å². The molecule has 0 aliphatic carbocycles. The first kappa shape index (κ1) is 13.4. The molecule has 2 aromatic rings. The van der Waals surface area contributed by atoms with Gasteiger partial charge in [0, 0.05) is 11.8 Å². The van der Waals surface area contributed by atoms with Crippen molar-refractivity contribution in [2.24, 2.45) is 0 Å². The third-order valence-corrected chi connectivity index (χ3v) is 2.46. The largest absolute Gasteiger partial charge is 0.491 e. The van der Waals surface area contributed by atoms with Gasteiger partial charge in [0.25, 0.3) is 0 Å². The van der Waals surface area contributed by atoms with Gasteiger partial charge in [-0.25, -0.2) is 9.37 Å². The first-order valence-corrected chi connectivity index (χ1v) is 5.95. The van der Waals surface area contributed by atoms with E-state index in [9.17, 15) is 4.39 Å². The molecule has 0 radical (unpaired) electrons. The summed E-state index contributed by atoms with van der Waals surface area (Å²) < 4.78 is 18.8. The Hall–Kier alpha value is -2.08. The molecule has 19 heavy (non-hydrogen) atoms. The second-order valence-electron chi connectivity index (χ2n) is 3.65. The van der Waals surface area contributed by atoms with E-state index in [-0.39, 0.29) is 11.0 Å². The van der Waals surface area contributed by atoms with Gasteiger partial charge in [-0.1, -0.05) is 0 Å². The maximum absolute atomic E-state index is 13.7. The van der Waals surface area contributed by atoms with Crippen LogP contribution in [-0.4, -0.2) is 16.6 Å². The van der Waals surface area contributed by atoms with Gasteiger partial charge in [-0.15, -0.1) is 0 Å². The quantitative estimate of drug-likeness (QED) is 0.844. The third kappa shape index (κ3) is 3.23. The van der Waals surface area contributed by atoms with Crippen molar-refractivity contribution in [2.75, 3.05) is 17.7 Å². The lowest BCUT2D eigenvalue weighted by Gasteiger charge is -2.10. The van der Waals surface area contributed by atoms with E-state index in [0.717, 1.165) is 0 Å². The average Bonchev–Trinajstić information content (AvgIpc) is 2.37. The minimum atomic E-state index is -0.467. The van der Waals surface area contributed by atoms with E-state index in [1.807, 2.05) is 0 Å². The molecule has 7 heteroatoms. The van der Waals surface area contributed by atoms with Crippen LogP contribution in [0.4, 0.5) is 21.6 Å². The highest BCUT2D eigenvalue weighted by Gasteiger charge is 2.07. The maximum Gasteiger partial charge on any atom is 0.224 e. The standard InChI is InChI=1S/C12H12ClFN4O/c1-2-19-10-4-3-7(5-8(10)14)17-11-9(15)6-16-12(13)18-11/h3-6H,2,15H2,1H3,(H,16,17,18). The second kappa shape index (κ2) is 5.71. The van der Waals surface area contributed by atoms with Crippen LogP contribution >= 0.6 is 11.6 Å². The van der Waals surface area contributed by atoms with Crippen LogP contribution in [-0.2, 0) is 0 Å². The summed E-state index contributed by atoms with van der Waals surface area (Å²) in [7, 11) is 0. The smallest absolute Gasteiger partial charge is 0.224 e. The Balaban J connectivity index is 2.24. The normalized spacial score (nSPS) is 10.3. The zero-order valence-electron chi connectivity index (χ0n) is 10.2. The first-order valence-electron chi connectivity index (χ1n) is 5.57. The molecule has 0 amide bonds. The van der Waals surface area contributed by atoms with Gasteiger partial charge in [-0.3, -0.25) is 0 Å². The van der Waals surface area contributed by atoms with Gasteiger partial charge < -0.3 is 15.8 Å². The summed E-state index contributed by atoms with van der Waals surface area (Å²) in [6.07, 6.45) is 1.38. The van der Waals surface area contributed by atoms with Gasteiger partial charge in [0.1, 0.15) is 0 Å². The first-order chi connectivity index (χ1) is 9.10. The third-order valence-electron chi connectivity index (χ3n) is 2.28. The SMILES string of the molecule is CCOc1ccc(Nc2nc(Cl)ncc2N)cc1F. The highest BCUT2D eigenvalue weighted by Crippen LogP contribution is 2.25. The minimum Gasteiger partial charge on any atom is -0.491 e. The molecule has 0 atom stereocenters. The molecule has 0 saturated heterocycles. The summed E-state index contributed by atoms with van der Waals surface area (Å²) in [5, 5.41) is 2.93. The van der Waals surface area contributed by atoms with E-state index in [4.69, 9.17) is 22.1 Å². The van der Waals surface area contributed by atoms with Crippen molar-refractivity contribution < 1.29 is 9.13 Å². The monoisotopic (exact) mass is 282 g/mol. The van der Waals surface area contributed by atoms with Crippen LogP contribution in [0.25, 0.3) is 0 Å². The fourth-order valence-electron chi connectivity index (χ4n) is 1.46. The lowest BCUT2D eigenvalue weighted by atomic mass is 10.3.